The zero-order valence-electron chi connectivity index (χ0n) is 8.06. The van der Waals surface area contributed by atoms with Crippen LogP contribution in [0.3, 0.4) is 0 Å². The van der Waals surface area contributed by atoms with Crippen LogP contribution < -0.4 is 5.32 Å². The molecule has 82 valence electrons. The third-order valence-electron chi connectivity index (χ3n) is 1.55. The number of ether oxygens (including phenoxy) is 2. The van der Waals surface area contributed by atoms with Crippen LogP contribution in [0.15, 0.2) is 0 Å². The normalized spacial score (nSPS) is 12.1. The monoisotopic (exact) mass is 205 g/mol. The molecule has 0 aromatic carbocycles. The van der Waals surface area contributed by atoms with Gasteiger partial charge in [-0.3, -0.25) is 4.79 Å². The van der Waals surface area contributed by atoms with Crippen molar-refractivity contribution in [3.8, 4) is 0 Å². The van der Waals surface area contributed by atoms with Crippen LogP contribution in [-0.2, 0) is 19.1 Å². The molecule has 0 radical (unpaired) electrons. The second-order valence-corrected chi connectivity index (χ2v) is 2.57. The maximum absolute atomic E-state index is 10.5. The SMILES string of the molecule is COCCOCCC(NC=O)C(=O)O. The summed E-state index contributed by atoms with van der Waals surface area (Å²) in [5.74, 6) is -1.06. The van der Waals surface area contributed by atoms with Crippen molar-refractivity contribution in [1.29, 1.82) is 0 Å². The van der Waals surface area contributed by atoms with E-state index in [4.69, 9.17) is 14.6 Å². The van der Waals surface area contributed by atoms with E-state index in [1.165, 1.54) is 0 Å². The van der Waals surface area contributed by atoms with Gasteiger partial charge in [0.05, 0.1) is 13.2 Å². The number of aliphatic carboxylic acids is 1. The van der Waals surface area contributed by atoms with E-state index in [-0.39, 0.29) is 13.0 Å². The molecule has 1 unspecified atom stereocenters. The van der Waals surface area contributed by atoms with Crippen LogP contribution in [0, 0.1) is 0 Å². The van der Waals surface area contributed by atoms with Crippen molar-refractivity contribution in [2.24, 2.45) is 0 Å². The lowest BCUT2D eigenvalue weighted by atomic mass is 10.2. The van der Waals surface area contributed by atoms with Crippen molar-refractivity contribution in [3.63, 3.8) is 0 Å². The molecule has 0 aromatic rings. The summed E-state index contributed by atoms with van der Waals surface area (Å²) >= 11 is 0. The third kappa shape index (κ3) is 6.38. The first-order valence-electron chi connectivity index (χ1n) is 4.21. The van der Waals surface area contributed by atoms with E-state index in [2.05, 4.69) is 5.32 Å². The minimum atomic E-state index is -1.06. The first-order chi connectivity index (χ1) is 6.72. The van der Waals surface area contributed by atoms with E-state index < -0.39 is 12.0 Å². The van der Waals surface area contributed by atoms with E-state index >= 15 is 0 Å². The van der Waals surface area contributed by atoms with Gasteiger partial charge >= 0.3 is 5.97 Å². The van der Waals surface area contributed by atoms with Gasteiger partial charge in [-0.15, -0.1) is 0 Å². The summed E-state index contributed by atoms with van der Waals surface area (Å²) in [5, 5.41) is 10.8. The Hall–Kier alpha value is -1.14. The van der Waals surface area contributed by atoms with Gasteiger partial charge in [-0.2, -0.15) is 0 Å². The molecule has 1 amide bonds. The summed E-state index contributed by atoms with van der Waals surface area (Å²) < 4.78 is 9.79. The van der Waals surface area contributed by atoms with E-state index in [0.717, 1.165) is 0 Å². The number of amides is 1. The lowest BCUT2D eigenvalue weighted by Crippen LogP contribution is -2.36. The molecule has 6 heteroatoms. The Labute approximate surface area is 82.2 Å². The Morgan fingerprint density at radius 2 is 2.21 bits per heavy atom. The van der Waals surface area contributed by atoms with Crippen molar-refractivity contribution >= 4 is 12.4 Å². The van der Waals surface area contributed by atoms with Gasteiger partial charge in [-0.05, 0) is 0 Å². The van der Waals surface area contributed by atoms with E-state index in [1.54, 1.807) is 7.11 Å². The van der Waals surface area contributed by atoms with Crippen LogP contribution in [0.4, 0.5) is 0 Å². The third-order valence-corrected chi connectivity index (χ3v) is 1.55. The topological polar surface area (TPSA) is 84.9 Å². The predicted octanol–water partition coefficient (Wildman–Crippen LogP) is -0.761. The summed E-state index contributed by atoms with van der Waals surface area (Å²) in [6.07, 6.45) is 0.617. The van der Waals surface area contributed by atoms with Crippen LogP contribution in [0.5, 0.6) is 0 Å². The average molecular weight is 205 g/mol. The predicted molar refractivity (Wildman–Crippen MR) is 47.9 cm³/mol. The fourth-order valence-electron chi connectivity index (χ4n) is 0.806. The van der Waals surface area contributed by atoms with Crippen LogP contribution in [0.25, 0.3) is 0 Å². The molecule has 0 spiro atoms. The number of carboxylic acids is 1. The number of carboxylic acid groups (broad SMARTS) is 1. The Morgan fingerprint density at radius 3 is 2.71 bits per heavy atom. The molecule has 0 aliphatic rings. The van der Waals surface area contributed by atoms with Gasteiger partial charge < -0.3 is 19.9 Å². The minimum Gasteiger partial charge on any atom is -0.480 e. The van der Waals surface area contributed by atoms with Crippen LogP contribution >= 0.6 is 0 Å². The number of carbonyl (C=O) groups is 2. The van der Waals surface area contributed by atoms with Gasteiger partial charge in [0.25, 0.3) is 0 Å². The fraction of sp³-hybridized carbons (Fsp3) is 0.750. The van der Waals surface area contributed by atoms with Crippen LogP contribution in [0.2, 0.25) is 0 Å². The molecule has 0 saturated carbocycles. The minimum absolute atomic E-state index is 0.248. The highest BCUT2D eigenvalue weighted by Gasteiger charge is 2.15. The van der Waals surface area contributed by atoms with Crippen molar-refractivity contribution in [3.05, 3.63) is 0 Å². The van der Waals surface area contributed by atoms with Crippen molar-refractivity contribution < 1.29 is 24.2 Å². The standard InChI is InChI=1S/C8H15NO5/c1-13-4-5-14-3-2-7(8(11)12)9-6-10/h6-7H,2-5H2,1H3,(H,9,10)(H,11,12). The van der Waals surface area contributed by atoms with Gasteiger partial charge in [0.15, 0.2) is 0 Å². The van der Waals surface area contributed by atoms with Gasteiger partial charge in [-0.25, -0.2) is 4.79 Å². The molecule has 0 rings (SSSR count). The highest BCUT2D eigenvalue weighted by Crippen LogP contribution is 1.92. The Kier molecular flexibility index (Phi) is 7.77. The van der Waals surface area contributed by atoms with Gasteiger partial charge in [-0.1, -0.05) is 0 Å². The summed E-state index contributed by atoms with van der Waals surface area (Å²) in [4.78, 5) is 20.5. The number of carbonyl (C=O) groups excluding carboxylic acids is 1. The molecule has 0 bridgehead atoms. The van der Waals surface area contributed by atoms with Crippen molar-refractivity contribution in [1.82, 2.24) is 5.32 Å². The van der Waals surface area contributed by atoms with Gasteiger partial charge in [0.1, 0.15) is 6.04 Å². The number of rotatable bonds is 9. The molecule has 1 atom stereocenters. The van der Waals surface area contributed by atoms with E-state index in [1.807, 2.05) is 0 Å². The Morgan fingerprint density at radius 1 is 1.50 bits per heavy atom. The molecule has 0 aliphatic carbocycles. The molecule has 0 aromatic heterocycles. The lowest BCUT2D eigenvalue weighted by molar-refractivity contribution is -0.141. The molecule has 0 saturated heterocycles. The molecular weight excluding hydrogens is 190 g/mol. The maximum atomic E-state index is 10.5. The highest BCUT2D eigenvalue weighted by atomic mass is 16.5. The Bertz CT molecular complexity index is 173. The molecule has 6 nitrogen and oxygen atoms in total. The lowest BCUT2D eigenvalue weighted by Gasteiger charge is -2.10. The first-order valence-corrected chi connectivity index (χ1v) is 4.21. The molecule has 14 heavy (non-hydrogen) atoms. The van der Waals surface area contributed by atoms with Crippen molar-refractivity contribution in [2.75, 3.05) is 26.9 Å². The molecule has 0 aliphatic heterocycles. The average Bonchev–Trinajstić information content (AvgIpc) is 2.15. The smallest absolute Gasteiger partial charge is 0.326 e. The van der Waals surface area contributed by atoms with Gasteiger partial charge in [0, 0.05) is 20.1 Å². The van der Waals surface area contributed by atoms with E-state index in [9.17, 15) is 9.59 Å². The molecule has 0 fully saturated rings. The summed E-state index contributed by atoms with van der Waals surface area (Å²) in [7, 11) is 1.55. The summed E-state index contributed by atoms with van der Waals surface area (Å²) in [6, 6.07) is -0.880. The fourth-order valence-corrected chi connectivity index (χ4v) is 0.806. The number of nitrogens with one attached hydrogen (secondary N) is 1. The summed E-state index contributed by atoms with van der Waals surface area (Å²) in [5.41, 5.74) is 0. The second-order valence-electron chi connectivity index (χ2n) is 2.57. The van der Waals surface area contributed by atoms with Crippen LogP contribution in [-0.4, -0.2) is 50.5 Å². The number of methoxy groups -OCH3 is 1. The van der Waals surface area contributed by atoms with Crippen molar-refractivity contribution in [2.45, 2.75) is 12.5 Å². The summed E-state index contributed by atoms with van der Waals surface area (Å²) in [6.45, 7) is 1.17. The highest BCUT2D eigenvalue weighted by molar-refractivity contribution is 5.76. The molecule has 0 heterocycles. The number of hydrogen-bond donors (Lipinski definition) is 2. The first kappa shape index (κ1) is 12.9. The number of hydrogen-bond acceptors (Lipinski definition) is 4. The van der Waals surface area contributed by atoms with Gasteiger partial charge in [0.2, 0.25) is 6.41 Å². The zero-order chi connectivity index (χ0) is 10.8. The second kappa shape index (κ2) is 8.46. The largest absolute Gasteiger partial charge is 0.480 e. The zero-order valence-corrected chi connectivity index (χ0v) is 8.06. The van der Waals surface area contributed by atoms with E-state index in [0.29, 0.717) is 19.6 Å². The molecule has 2 N–H and O–H groups in total. The van der Waals surface area contributed by atoms with Crippen LogP contribution in [0.1, 0.15) is 6.42 Å². The Balaban J connectivity index is 3.50. The maximum Gasteiger partial charge on any atom is 0.326 e. The quantitative estimate of drug-likeness (QED) is 0.381. The molecular formula is C8H15NO5.